The van der Waals surface area contributed by atoms with Crippen molar-refractivity contribution in [2.75, 3.05) is 17.2 Å². The first-order valence-electron chi connectivity index (χ1n) is 8.33. The molecule has 0 atom stereocenters. The van der Waals surface area contributed by atoms with Crippen molar-refractivity contribution in [3.8, 4) is 0 Å². The predicted molar refractivity (Wildman–Crippen MR) is 100 cm³/mol. The van der Waals surface area contributed by atoms with Crippen LogP contribution in [0, 0.1) is 17.5 Å². The summed E-state index contributed by atoms with van der Waals surface area (Å²) in [4.78, 5) is 39.7. The normalized spacial score (nSPS) is 10.5. The molecule has 0 bridgehead atoms. The van der Waals surface area contributed by atoms with Gasteiger partial charge in [-0.05, 0) is 24.3 Å². The quantitative estimate of drug-likeness (QED) is 0.491. The first-order chi connectivity index (χ1) is 14.3. The maximum atomic E-state index is 13.5. The molecule has 0 aliphatic rings. The molecular formula is C18H13F3N4O4S. The summed E-state index contributed by atoms with van der Waals surface area (Å²) in [6.07, 6.45) is 1.17. The van der Waals surface area contributed by atoms with Crippen molar-refractivity contribution >= 4 is 39.9 Å². The van der Waals surface area contributed by atoms with Gasteiger partial charge >= 0.3 is 0 Å². The molecule has 0 aliphatic heterocycles. The number of halogens is 3. The van der Waals surface area contributed by atoms with E-state index in [9.17, 15) is 27.6 Å². The second-order valence-electron chi connectivity index (χ2n) is 5.80. The third kappa shape index (κ3) is 5.23. The minimum atomic E-state index is -1.71. The van der Waals surface area contributed by atoms with E-state index in [-0.39, 0.29) is 17.3 Å². The molecule has 156 valence electrons. The van der Waals surface area contributed by atoms with E-state index >= 15 is 0 Å². The topological polar surface area (TPSA) is 113 Å². The van der Waals surface area contributed by atoms with Crippen molar-refractivity contribution in [2.45, 2.75) is 6.42 Å². The van der Waals surface area contributed by atoms with E-state index in [2.05, 4.69) is 15.6 Å². The number of hydrogen-bond acceptors (Lipinski definition) is 6. The predicted octanol–water partition coefficient (Wildman–Crippen LogP) is 2.70. The number of benzene rings is 1. The van der Waals surface area contributed by atoms with Crippen molar-refractivity contribution in [1.82, 2.24) is 10.3 Å². The number of nitrogens with one attached hydrogen (secondary N) is 3. The van der Waals surface area contributed by atoms with Gasteiger partial charge in [-0.2, -0.15) is 0 Å². The van der Waals surface area contributed by atoms with Crippen molar-refractivity contribution in [1.29, 1.82) is 0 Å². The molecule has 3 aromatic rings. The number of rotatable bonds is 7. The minimum absolute atomic E-state index is 0.105. The molecule has 1 aromatic carbocycles. The Morgan fingerprint density at radius 2 is 1.83 bits per heavy atom. The largest absolute Gasteiger partial charge is 0.459 e. The highest BCUT2D eigenvalue weighted by Gasteiger charge is 2.16. The van der Waals surface area contributed by atoms with E-state index < -0.39 is 47.4 Å². The van der Waals surface area contributed by atoms with Crippen LogP contribution < -0.4 is 16.0 Å². The number of aromatic nitrogens is 1. The van der Waals surface area contributed by atoms with E-state index in [1.54, 1.807) is 11.4 Å². The summed E-state index contributed by atoms with van der Waals surface area (Å²) in [5.41, 5.74) is -0.205. The van der Waals surface area contributed by atoms with Gasteiger partial charge in [0.05, 0.1) is 30.6 Å². The Morgan fingerprint density at radius 1 is 1.03 bits per heavy atom. The Balaban J connectivity index is 1.47. The van der Waals surface area contributed by atoms with Crippen molar-refractivity contribution in [3.63, 3.8) is 0 Å². The summed E-state index contributed by atoms with van der Waals surface area (Å²) < 4.78 is 44.5. The third-order valence-electron chi connectivity index (χ3n) is 3.61. The van der Waals surface area contributed by atoms with Crippen LogP contribution >= 0.6 is 11.3 Å². The second-order valence-corrected chi connectivity index (χ2v) is 6.66. The summed E-state index contributed by atoms with van der Waals surface area (Å²) >= 11 is 1.10. The van der Waals surface area contributed by atoms with Crippen molar-refractivity contribution in [3.05, 3.63) is 64.8 Å². The molecule has 0 saturated carbocycles. The molecule has 3 N–H and O–H groups in total. The highest BCUT2D eigenvalue weighted by Crippen LogP contribution is 2.19. The zero-order chi connectivity index (χ0) is 21.7. The molecule has 12 heteroatoms. The summed E-state index contributed by atoms with van der Waals surface area (Å²) in [6.45, 7) is -0.524. The van der Waals surface area contributed by atoms with Crippen LogP contribution in [0.4, 0.5) is 24.0 Å². The fourth-order valence-electron chi connectivity index (χ4n) is 2.23. The molecule has 3 rings (SSSR count). The smallest absolute Gasteiger partial charge is 0.293 e. The Bertz CT molecular complexity index is 1090. The minimum Gasteiger partial charge on any atom is -0.459 e. The summed E-state index contributed by atoms with van der Waals surface area (Å²) in [6, 6.07) is 4.57. The Hall–Kier alpha value is -3.67. The van der Waals surface area contributed by atoms with Crippen LogP contribution in [0.5, 0.6) is 0 Å². The lowest BCUT2D eigenvalue weighted by Crippen LogP contribution is -2.34. The van der Waals surface area contributed by atoms with Gasteiger partial charge < -0.3 is 15.1 Å². The molecule has 0 radical (unpaired) electrons. The molecule has 30 heavy (non-hydrogen) atoms. The van der Waals surface area contributed by atoms with E-state index in [0.717, 1.165) is 17.4 Å². The maximum absolute atomic E-state index is 13.5. The average molecular weight is 438 g/mol. The van der Waals surface area contributed by atoms with Crippen LogP contribution in [-0.4, -0.2) is 29.3 Å². The number of hydrogen-bond donors (Lipinski definition) is 3. The Kier molecular flexibility index (Phi) is 6.47. The molecular weight excluding hydrogens is 425 g/mol. The van der Waals surface area contributed by atoms with E-state index in [0.29, 0.717) is 11.8 Å². The van der Waals surface area contributed by atoms with Crippen LogP contribution in [0.3, 0.4) is 0 Å². The monoisotopic (exact) mass is 438 g/mol. The summed E-state index contributed by atoms with van der Waals surface area (Å²) in [5.74, 6) is -6.43. The SMILES string of the molecule is O=C(Cc1csc(NC(=O)c2ccco2)n1)NCC(=O)Nc1ccc(F)c(F)c1F. The van der Waals surface area contributed by atoms with E-state index in [1.165, 1.54) is 12.3 Å². The van der Waals surface area contributed by atoms with Gasteiger partial charge in [-0.15, -0.1) is 11.3 Å². The zero-order valence-corrected chi connectivity index (χ0v) is 15.8. The summed E-state index contributed by atoms with van der Waals surface area (Å²) in [5, 5.41) is 8.64. The van der Waals surface area contributed by atoms with Gasteiger partial charge in [-0.1, -0.05) is 0 Å². The lowest BCUT2D eigenvalue weighted by molar-refractivity contribution is -0.123. The summed E-state index contributed by atoms with van der Waals surface area (Å²) in [7, 11) is 0. The molecule has 2 heterocycles. The number of furan rings is 1. The number of thiazole rings is 1. The van der Waals surface area contributed by atoms with Crippen LogP contribution in [0.15, 0.2) is 40.3 Å². The van der Waals surface area contributed by atoms with Gasteiger partial charge in [0.1, 0.15) is 0 Å². The van der Waals surface area contributed by atoms with Crippen LogP contribution in [0.25, 0.3) is 0 Å². The highest BCUT2D eigenvalue weighted by atomic mass is 32.1. The lowest BCUT2D eigenvalue weighted by Gasteiger charge is -2.08. The van der Waals surface area contributed by atoms with Crippen LogP contribution in [0.1, 0.15) is 16.2 Å². The first-order valence-corrected chi connectivity index (χ1v) is 9.20. The van der Waals surface area contributed by atoms with Gasteiger partial charge in [0, 0.05) is 5.38 Å². The molecule has 0 fully saturated rings. The van der Waals surface area contributed by atoms with Crippen molar-refractivity contribution in [2.24, 2.45) is 0 Å². The number of carbonyl (C=O) groups is 3. The van der Waals surface area contributed by atoms with E-state index in [1.807, 2.05) is 5.32 Å². The van der Waals surface area contributed by atoms with Gasteiger partial charge in [-0.3, -0.25) is 19.7 Å². The number of carbonyl (C=O) groups excluding carboxylic acids is 3. The van der Waals surface area contributed by atoms with Gasteiger partial charge in [0.15, 0.2) is 28.3 Å². The Morgan fingerprint density at radius 3 is 2.57 bits per heavy atom. The fourth-order valence-corrected chi connectivity index (χ4v) is 2.94. The molecule has 2 aromatic heterocycles. The van der Waals surface area contributed by atoms with Crippen LogP contribution in [-0.2, 0) is 16.0 Å². The van der Waals surface area contributed by atoms with Gasteiger partial charge in [0.25, 0.3) is 5.91 Å². The van der Waals surface area contributed by atoms with Crippen molar-refractivity contribution < 1.29 is 32.0 Å². The highest BCUT2D eigenvalue weighted by molar-refractivity contribution is 7.14. The Labute approximate surface area is 171 Å². The number of amides is 3. The van der Waals surface area contributed by atoms with Gasteiger partial charge in [0.2, 0.25) is 11.8 Å². The van der Waals surface area contributed by atoms with E-state index in [4.69, 9.17) is 4.42 Å². The average Bonchev–Trinajstić information content (AvgIpc) is 3.39. The zero-order valence-electron chi connectivity index (χ0n) is 15.0. The molecule has 0 aliphatic carbocycles. The fraction of sp³-hybridized carbons (Fsp3) is 0.111. The second kappa shape index (κ2) is 9.22. The third-order valence-corrected chi connectivity index (χ3v) is 4.42. The standard InChI is InChI=1S/C18H13F3N4O4S/c19-10-3-4-11(16(21)15(10)20)24-14(27)7-22-13(26)6-9-8-30-18(23-9)25-17(28)12-2-1-5-29-12/h1-5,8H,6-7H2,(H,22,26)(H,24,27)(H,23,25,28). The maximum Gasteiger partial charge on any atom is 0.293 e. The molecule has 0 unspecified atom stereocenters. The number of anilines is 2. The number of nitrogens with zero attached hydrogens (tertiary/aromatic N) is 1. The van der Waals surface area contributed by atoms with Crippen LogP contribution in [0.2, 0.25) is 0 Å². The molecule has 0 spiro atoms. The lowest BCUT2D eigenvalue weighted by atomic mass is 10.2. The molecule has 0 saturated heterocycles. The molecule has 8 nitrogen and oxygen atoms in total. The molecule has 3 amide bonds. The first kappa shape index (κ1) is 21.0. The van der Waals surface area contributed by atoms with Gasteiger partial charge in [-0.25, -0.2) is 18.2 Å².